The van der Waals surface area contributed by atoms with Crippen LogP contribution in [0.2, 0.25) is 0 Å². The fraction of sp³-hybridized carbons (Fsp3) is 0.933. The minimum Gasteiger partial charge on any atom is -0.394 e. The summed E-state index contributed by atoms with van der Waals surface area (Å²) in [7, 11) is 0. The van der Waals surface area contributed by atoms with Crippen LogP contribution in [0.1, 0.15) is 44.9 Å². The fourth-order valence-electron chi connectivity index (χ4n) is 3.22. The molecule has 1 heterocycles. The number of rotatable bonds is 5. The first-order chi connectivity index (χ1) is 10.00. The molecule has 0 aromatic carbocycles. The number of nitrogens with one attached hydrogen (secondary N) is 1. The molecule has 1 amide bonds. The average Bonchev–Trinajstić information content (AvgIpc) is 2.47. The van der Waals surface area contributed by atoms with Gasteiger partial charge in [-0.25, -0.2) is 8.78 Å². The summed E-state index contributed by atoms with van der Waals surface area (Å²) < 4.78 is 26.2. The maximum Gasteiger partial charge on any atom is 0.248 e. The number of halogens is 2. The van der Waals surface area contributed by atoms with E-state index >= 15 is 0 Å². The summed E-state index contributed by atoms with van der Waals surface area (Å²) in [6.45, 7) is 2.54. The molecule has 1 aliphatic carbocycles. The van der Waals surface area contributed by atoms with Crippen molar-refractivity contribution in [3.63, 3.8) is 0 Å². The Kier molecular flexibility index (Phi) is 5.93. The van der Waals surface area contributed by atoms with E-state index in [4.69, 9.17) is 0 Å². The van der Waals surface area contributed by atoms with Crippen LogP contribution in [0.4, 0.5) is 8.78 Å². The molecule has 2 rings (SSSR count). The smallest absolute Gasteiger partial charge is 0.248 e. The van der Waals surface area contributed by atoms with E-state index in [0.717, 1.165) is 25.9 Å². The lowest BCUT2D eigenvalue weighted by Gasteiger charge is -2.32. The molecular formula is C15H26F2N2O2. The second kappa shape index (κ2) is 7.49. The van der Waals surface area contributed by atoms with Gasteiger partial charge in [-0.1, -0.05) is 6.42 Å². The van der Waals surface area contributed by atoms with E-state index in [1.165, 1.54) is 6.42 Å². The molecule has 0 bridgehead atoms. The molecule has 1 aliphatic heterocycles. The number of nitrogens with zero attached hydrogens (tertiary/aromatic N) is 1. The van der Waals surface area contributed by atoms with Gasteiger partial charge in [0.15, 0.2) is 0 Å². The van der Waals surface area contributed by atoms with E-state index in [1.54, 1.807) is 0 Å². The van der Waals surface area contributed by atoms with E-state index in [2.05, 4.69) is 10.2 Å². The number of hydrogen-bond donors (Lipinski definition) is 2. The van der Waals surface area contributed by atoms with E-state index in [9.17, 15) is 18.7 Å². The molecule has 6 heteroatoms. The van der Waals surface area contributed by atoms with Crippen molar-refractivity contribution in [2.45, 2.75) is 56.9 Å². The van der Waals surface area contributed by atoms with Gasteiger partial charge in [-0.2, -0.15) is 0 Å². The van der Waals surface area contributed by atoms with Crippen molar-refractivity contribution in [2.75, 3.05) is 26.2 Å². The molecule has 0 aromatic heterocycles. The Morgan fingerprint density at radius 2 is 1.86 bits per heavy atom. The first kappa shape index (κ1) is 16.6. The molecule has 2 N–H and O–H groups in total. The Labute approximate surface area is 124 Å². The Hall–Kier alpha value is -0.750. The molecule has 4 nitrogen and oxygen atoms in total. The van der Waals surface area contributed by atoms with Gasteiger partial charge in [-0.15, -0.1) is 0 Å². The van der Waals surface area contributed by atoms with Gasteiger partial charge < -0.3 is 15.3 Å². The monoisotopic (exact) mass is 304 g/mol. The van der Waals surface area contributed by atoms with Crippen LogP contribution in [0.25, 0.3) is 0 Å². The minimum atomic E-state index is -2.61. The zero-order valence-electron chi connectivity index (χ0n) is 12.5. The van der Waals surface area contributed by atoms with Crippen molar-refractivity contribution in [1.29, 1.82) is 0 Å². The molecule has 2 aliphatic rings. The number of hydrogen-bond acceptors (Lipinski definition) is 3. The van der Waals surface area contributed by atoms with E-state index in [0.29, 0.717) is 6.54 Å². The number of carbonyl (C=O) groups is 1. The molecule has 1 unspecified atom stereocenters. The number of piperidine rings is 1. The van der Waals surface area contributed by atoms with Crippen molar-refractivity contribution in [3.8, 4) is 0 Å². The van der Waals surface area contributed by atoms with Crippen LogP contribution in [0, 0.1) is 5.92 Å². The number of aliphatic hydroxyl groups excluding tert-OH is 1. The van der Waals surface area contributed by atoms with Gasteiger partial charge in [0.2, 0.25) is 11.8 Å². The molecule has 0 radical (unpaired) electrons. The number of amides is 1. The third-order valence-electron chi connectivity index (χ3n) is 4.58. The predicted octanol–water partition coefficient (Wildman–Crippen LogP) is 1.77. The van der Waals surface area contributed by atoms with Gasteiger partial charge in [0.05, 0.1) is 12.6 Å². The topological polar surface area (TPSA) is 52.6 Å². The molecule has 122 valence electrons. The highest BCUT2D eigenvalue weighted by Crippen LogP contribution is 2.36. The molecular weight excluding hydrogens is 278 g/mol. The standard InChI is InChI=1S/C15H26F2N2O2/c16-15(17)6-4-12(5-7-15)14(21)18-13(11-20)10-19-8-2-1-3-9-19/h12-13,20H,1-11H2,(H,18,21). The van der Waals surface area contributed by atoms with E-state index < -0.39 is 5.92 Å². The third kappa shape index (κ3) is 5.18. The van der Waals surface area contributed by atoms with Crippen molar-refractivity contribution >= 4 is 5.91 Å². The van der Waals surface area contributed by atoms with Crippen LogP contribution in [-0.2, 0) is 4.79 Å². The summed E-state index contributed by atoms with van der Waals surface area (Å²) in [6.07, 6.45) is 3.61. The highest BCUT2D eigenvalue weighted by Gasteiger charge is 2.37. The Bertz CT molecular complexity index is 337. The molecule has 1 saturated carbocycles. The van der Waals surface area contributed by atoms with Crippen LogP contribution in [0.5, 0.6) is 0 Å². The number of aliphatic hydroxyl groups is 1. The van der Waals surface area contributed by atoms with Crippen molar-refractivity contribution in [3.05, 3.63) is 0 Å². The largest absolute Gasteiger partial charge is 0.394 e. The zero-order valence-corrected chi connectivity index (χ0v) is 12.5. The normalized spacial score (nSPS) is 25.5. The summed E-state index contributed by atoms with van der Waals surface area (Å²) >= 11 is 0. The number of carbonyl (C=O) groups excluding carboxylic acids is 1. The average molecular weight is 304 g/mol. The van der Waals surface area contributed by atoms with E-state index in [-0.39, 0.29) is 50.2 Å². The van der Waals surface area contributed by atoms with Crippen LogP contribution in [0.3, 0.4) is 0 Å². The predicted molar refractivity (Wildman–Crippen MR) is 76.2 cm³/mol. The quantitative estimate of drug-likeness (QED) is 0.814. The van der Waals surface area contributed by atoms with Crippen LogP contribution >= 0.6 is 0 Å². The Morgan fingerprint density at radius 1 is 1.24 bits per heavy atom. The third-order valence-corrected chi connectivity index (χ3v) is 4.58. The maximum atomic E-state index is 13.1. The lowest BCUT2D eigenvalue weighted by molar-refractivity contribution is -0.130. The number of likely N-dealkylation sites (tertiary alicyclic amines) is 1. The lowest BCUT2D eigenvalue weighted by Crippen LogP contribution is -2.49. The van der Waals surface area contributed by atoms with Gasteiger partial charge in [0.1, 0.15) is 0 Å². The number of alkyl halides is 2. The first-order valence-electron chi connectivity index (χ1n) is 8.01. The van der Waals surface area contributed by atoms with Crippen LogP contribution < -0.4 is 5.32 Å². The summed E-state index contributed by atoms with van der Waals surface area (Å²) in [5, 5.41) is 12.3. The van der Waals surface area contributed by atoms with Gasteiger partial charge in [-0.05, 0) is 38.8 Å². The minimum absolute atomic E-state index is 0.106. The molecule has 1 atom stereocenters. The molecule has 0 spiro atoms. The summed E-state index contributed by atoms with van der Waals surface area (Å²) in [6, 6.07) is -0.293. The maximum absolute atomic E-state index is 13.1. The van der Waals surface area contributed by atoms with Crippen LogP contribution in [0.15, 0.2) is 0 Å². The fourth-order valence-corrected chi connectivity index (χ4v) is 3.22. The van der Waals surface area contributed by atoms with Gasteiger partial charge in [0, 0.05) is 25.3 Å². The van der Waals surface area contributed by atoms with Gasteiger partial charge in [-0.3, -0.25) is 4.79 Å². The van der Waals surface area contributed by atoms with Crippen molar-refractivity contribution < 1.29 is 18.7 Å². The second-order valence-electron chi connectivity index (χ2n) is 6.38. The molecule has 21 heavy (non-hydrogen) atoms. The SMILES string of the molecule is O=C(NC(CO)CN1CCCCC1)C1CCC(F)(F)CC1. The summed E-state index contributed by atoms with van der Waals surface area (Å²) in [5.74, 6) is -3.12. The van der Waals surface area contributed by atoms with Gasteiger partial charge in [0.25, 0.3) is 0 Å². The zero-order chi connectivity index (χ0) is 15.3. The van der Waals surface area contributed by atoms with Crippen molar-refractivity contribution in [1.82, 2.24) is 10.2 Å². The van der Waals surface area contributed by atoms with Crippen LogP contribution in [-0.4, -0.2) is 54.1 Å². The highest BCUT2D eigenvalue weighted by molar-refractivity contribution is 5.79. The second-order valence-corrected chi connectivity index (χ2v) is 6.38. The van der Waals surface area contributed by atoms with Gasteiger partial charge >= 0.3 is 0 Å². The Morgan fingerprint density at radius 3 is 2.43 bits per heavy atom. The molecule has 0 aromatic rings. The summed E-state index contributed by atoms with van der Waals surface area (Å²) in [4.78, 5) is 14.4. The van der Waals surface area contributed by atoms with E-state index in [1.807, 2.05) is 0 Å². The van der Waals surface area contributed by atoms with Crippen molar-refractivity contribution in [2.24, 2.45) is 5.92 Å². The summed E-state index contributed by atoms with van der Waals surface area (Å²) in [5.41, 5.74) is 0. The lowest BCUT2D eigenvalue weighted by atomic mass is 9.86. The first-order valence-corrected chi connectivity index (χ1v) is 8.01. The highest BCUT2D eigenvalue weighted by atomic mass is 19.3. The molecule has 2 fully saturated rings. The Balaban J connectivity index is 1.76. The molecule has 1 saturated heterocycles.